The number of fused-ring (bicyclic) bond motifs is 1. The number of para-hydroxylation sites is 1. The van der Waals surface area contributed by atoms with Crippen LogP contribution in [0.4, 0.5) is 0 Å². The van der Waals surface area contributed by atoms with Gasteiger partial charge >= 0.3 is 0 Å². The highest BCUT2D eigenvalue weighted by Gasteiger charge is 2.25. The van der Waals surface area contributed by atoms with Crippen molar-refractivity contribution in [3.63, 3.8) is 0 Å². The Balaban J connectivity index is 1.84. The average Bonchev–Trinajstić information content (AvgIpc) is 2.56. The third kappa shape index (κ3) is 3.02. The molecule has 2 heterocycles. The summed E-state index contributed by atoms with van der Waals surface area (Å²) in [5.74, 6) is 2.31. The van der Waals surface area contributed by atoms with Crippen LogP contribution in [0.15, 0.2) is 41.4 Å². The highest BCUT2D eigenvalue weighted by Crippen LogP contribution is 2.39. The van der Waals surface area contributed by atoms with Crippen molar-refractivity contribution in [3.05, 3.63) is 48.0 Å². The number of rotatable bonds is 4. The highest BCUT2D eigenvalue weighted by molar-refractivity contribution is 7.99. The Morgan fingerprint density at radius 3 is 2.86 bits per heavy atom. The molecule has 5 nitrogen and oxygen atoms in total. The van der Waals surface area contributed by atoms with Crippen LogP contribution in [0, 0.1) is 0 Å². The van der Waals surface area contributed by atoms with Gasteiger partial charge in [0.1, 0.15) is 11.4 Å². The summed E-state index contributed by atoms with van der Waals surface area (Å²) in [6.45, 7) is 0. The lowest BCUT2D eigenvalue weighted by molar-refractivity contribution is -0.108. The molecule has 3 rings (SSSR count). The van der Waals surface area contributed by atoms with E-state index in [0.717, 1.165) is 16.4 Å². The molecule has 110 valence electrons. The summed E-state index contributed by atoms with van der Waals surface area (Å²) in [7, 11) is 3.16. The standard InChI is InChI=1S/C15H16N2O3S/c1-18-15(19-2)10-7-8-16-14(17-10)12-9-21-13-6-4-3-5-11(13)20-12/h3-8,12,15H,9H2,1-2H3. The summed E-state index contributed by atoms with van der Waals surface area (Å²) in [6, 6.07) is 9.77. The molecule has 6 heteroatoms. The summed E-state index contributed by atoms with van der Waals surface area (Å²) in [6.07, 6.45) is 1.05. The first-order valence-electron chi connectivity index (χ1n) is 6.58. The Morgan fingerprint density at radius 1 is 1.24 bits per heavy atom. The van der Waals surface area contributed by atoms with Gasteiger partial charge in [0.05, 0.1) is 0 Å². The molecule has 0 bridgehead atoms. The molecular weight excluding hydrogens is 288 g/mol. The molecule has 0 N–H and O–H groups in total. The number of nitrogens with zero attached hydrogens (tertiary/aromatic N) is 2. The Hall–Kier alpha value is -1.63. The number of methoxy groups -OCH3 is 2. The Morgan fingerprint density at radius 2 is 2.05 bits per heavy atom. The summed E-state index contributed by atoms with van der Waals surface area (Å²) < 4.78 is 16.4. The van der Waals surface area contributed by atoms with Crippen LogP contribution in [0.3, 0.4) is 0 Å². The van der Waals surface area contributed by atoms with Crippen molar-refractivity contribution in [1.82, 2.24) is 9.97 Å². The van der Waals surface area contributed by atoms with E-state index < -0.39 is 6.29 Å². The molecule has 1 aliphatic rings. The fraction of sp³-hybridized carbons (Fsp3) is 0.333. The quantitative estimate of drug-likeness (QED) is 0.809. The number of ether oxygens (including phenoxy) is 3. The number of hydrogen-bond donors (Lipinski definition) is 0. The largest absolute Gasteiger partial charge is 0.480 e. The second-order valence-corrected chi connectivity index (χ2v) is 5.57. The predicted octanol–water partition coefficient (Wildman–Crippen LogP) is 2.99. The zero-order valence-electron chi connectivity index (χ0n) is 11.9. The Kier molecular flexibility index (Phi) is 4.38. The number of thioether (sulfide) groups is 1. The summed E-state index contributed by atoms with van der Waals surface area (Å²) in [5.41, 5.74) is 0.692. The van der Waals surface area contributed by atoms with Gasteiger partial charge in [-0.2, -0.15) is 0 Å². The monoisotopic (exact) mass is 304 g/mol. The number of aromatic nitrogens is 2. The van der Waals surface area contributed by atoms with Gasteiger partial charge in [-0.1, -0.05) is 12.1 Å². The lowest BCUT2D eigenvalue weighted by Gasteiger charge is -2.25. The summed E-state index contributed by atoms with van der Waals surface area (Å²) in [5, 5.41) is 0. The smallest absolute Gasteiger partial charge is 0.200 e. The average molecular weight is 304 g/mol. The van der Waals surface area contributed by atoms with Gasteiger partial charge in [0.15, 0.2) is 11.9 Å². The van der Waals surface area contributed by atoms with Crippen molar-refractivity contribution >= 4 is 11.8 Å². The molecule has 0 spiro atoms. The number of hydrogen-bond acceptors (Lipinski definition) is 6. The van der Waals surface area contributed by atoms with Crippen LogP contribution in [-0.4, -0.2) is 29.9 Å². The SMILES string of the molecule is COC(OC)c1ccnc(C2CSc3ccccc3O2)n1. The minimum absolute atomic E-state index is 0.167. The molecule has 0 saturated carbocycles. The molecular formula is C15H16N2O3S. The zero-order valence-corrected chi connectivity index (χ0v) is 12.7. The van der Waals surface area contributed by atoms with Crippen molar-refractivity contribution in [2.24, 2.45) is 0 Å². The highest BCUT2D eigenvalue weighted by atomic mass is 32.2. The molecule has 0 aliphatic carbocycles. The van der Waals surface area contributed by atoms with Crippen LogP contribution in [0.1, 0.15) is 23.9 Å². The van der Waals surface area contributed by atoms with Crippen molar-refractivity contribution in [2.75, 3.05) is 20.0 Å². The van der Waals surface area contributed by atoms with Gasteiger partial charge in [0, 0.05) is 31.1 Å². The lowest BCUT2D eigenvalue weighted by atomic mass is 10.3. The van der Waals surface area contributed by atoms with Crippen LogP contribution in [0.2, 0.25) is 0 Å². The van der Waals surface area contributed by atoms with Crippen LogP contribution in [-0.2, 0) is 9.47 Å². The van der Waals surface area contributed by atoms with Crippen molar-refractivity contribution in [3.8, 4) is 5.75 Å². The third-order valence-electron chi connectivity index (χ3n) is 3.16. The van der Waals surface area contributed by atoms with E-state index in [1.165, 1.54) is 0 Å². The van der Waals surface area contributed by atoms with Crippen molar-refractivity contribution in [2.45, 2.75) is 17.3 Å². The zero-order chi connectivity index (χ0) is 14.7. The molecule has 21 heavy (non-hydrogen) atoms. The topological polar surface area (TPSA) is 53.5 Å². The van der Waals surface area contributed by atoms with E-state index in [2.05, 4.69) is 16.0 Å². The van der Waals surface area contributed by atoms with Crippen LogP contribution >= 0.6 is 11.8 Å². The second kappa shape index (κ2) is 6.43. The fourth-order valence-corrected chi connectivity index (χ4v) is 3.14. The van der Waals surface area contributed by atoms with Gasteiger partial charge in [-0.25, -0.2) is 9.97 Å². The van der Waals surface area contributed by atoms with E-state index in [4.69, 9.17) is 14.2 Å². The van der Waals surface area contributed by atoms with Crippen LogP contribution < -0.4 is 4.74 Å². The first-order chi connectivity index (χ1) is 10.3. The van der Waals surface area contributed by atoms with Gasteiger partial charge in [-0.15, -0.1) is 11.8 Å². The molecule has 0 saturated heterocycles. The molecule has 0 fully saturated rings. The van der Waals surface area contributed by atoms with E-state index in [0.29, 0.717) is 11.5 Å². The van der Waals surface area contributed by atoms with E-state index in [1.54, 1.807) is 38.2 Å². The van der Waals surface area contributed by atoms with Crippen molar-refractivity contribution in [1.29, 1.82) is 0 Å². The number of benzene rings is 1. The molecule has 1 aromatic heterocycles. The maximum absolute atomic E-state index is 5.99. The van der Waals surface area contributed by atoms with Gasteiger partial charge in [-0.05, 0) is 18.2 Å². The van der Waals surface area contributed by atoms with Gasteiger partial charge in [0.25, 0.3) is 0 Å². The third-order valence-corrected chi connectivity index (χ3v) is 4.28. The first kappa shape index (κ1) is 14.3. The van der Waals surface area contributed by atoms with Gasteiger partial charge < -0.3 is 14.2 Å². The summed E-state index contributed by atoms with van der Waals surface area (Å²) >= 11 is 1.75. The molecule has 0 amide bonds. The molecule has 1 unspecified atom stereocenters. The van der Waals surface area contributed by atoms with Gasteiger partial charge in [-0.3, -0.25) is 0 Å². The predicted molar refractivity (Wildman–Crippen MR) is 79.3 cm³/mol. The molecule has 1 atom stereocenters. The molecule has 1 aromatic carbocycles. The van der Waals surface area contributed by atoms with E-state index in [-0.39, 0.29) is 6.10 Å². The van der Waals surface area contributed by atoms with E-state index in [1.807, 2.05) is 18.2 Å². The molecule has 2 aromatic rings. The van der Waals surface area contributed by atoms with Gasteiger partial charge in [0.2, 0.25) is 6.29 Å². The second-order valence-electron chi connectivity index (χ2n) is 4.51. The normalized spacial score (nSPS) is 17.4. The Labute approximate surface area is 127 Å². The maximum Gasteiger partial charge on any atom is 0.200 e. The fourth-order valence-electron chi connectivity index (χ4n) is 2.16. The first-order valence-corrected chi connectivity index (χ1v) is 7.57. The minimum atomic E-state index is -0.490. The van der Waals surface area contributed by atoms with Crippen molar-refractivity contribution < 1.29 is 14.2 Å². The Bertz CT molecular complexity index is 619. The van der Waals surface area contributed by atoms with Crippen LogP contribution in [0.25, 0.3) is 0 Å². The summed E-state index contributed by atoms with van der Waals surface area (Å²) in [4.78, 5) is 9.99. The van der Waals surface area contributed by atoms with Crippen LogP contribution in [0.5, 0.6) is 5.75 Å². The molecule has 1 aliphatic heterocycles. The lowest BCUT2D eigenvalue weighted by Crippen LogP contribution is -2.19. The molecule has 0 radical (unpaired) electrons. The minimum Gasteiger partial charge on any atom is -0.480 e. The van der Waals surface area contributed by atoms with E-state index >= 15 is 0 Å². The van der Waals surface area contributed by atoms with E-state index in [9.17, 15) is 0 Å². The maximum atomic E-state index is 5.99.